The Morgan fingerprint density at radius 2 is 2.30 bits per heavy atom. The topological polar surface area (TPSA) is 61.5 Å². The molecule has 1 unspecified atom stereocenters. The summed E-state index contributed by atoms with van der Waals surface area (Å²) in [6.45, 7) is 3.87. The van der Waals surface area contributed by atoms with E-state index >= 15 is 0 Å². The SMILES string of the molecule is CN(C)CC1CN(Cc2nc3ccc(Cl)cc3c(=O)[nH]2)CCO1. The van der Waals surface area contributed by atoms with Crippen molar-refractivity contribution in [2.45, 2.75) is 12.6 Å². The second-order valence-electron chi connectivity index (χ2n) is 6.16. The first kappa shape index (κ1) is 16.4. The fourth-order valence-corrected chi connectivity index (χ4v) is 3.06. The summed E-state index contributed by atoms with van der Waals surface area (Å²) < 4.78 is 5.77. The molecule has 1 aliphatic rings. The second kappa shape index (κ2) is 6.97. The molecule has 3 rings (SSSR count). The van der Waals surface area contributed by atoms with Gasteiger partial charge in [0.15, 0.2) is 0 Å². The molecule has 1 fully saturated rings. The molecule has 0 amide bonds. The first-order valence-electron chi connectivity index (χ1n) is 7.68. The highest BCUT2D eigenvalue weighted by molar-refractivity contribution is 6.31. The fourth-order valence-electron chi connectivity index (χ4n) is 2.89. The summed E-state index contributed by atoms with van der Waals surface area (Å²) in [4.78, 5) is 24.0. The fraction of sp³-hybridized carbons (Fsp3) is 0.500. The Hall–Kier alpha value is -1.47. The maximum atomic E-state index is 12.2. The molecular weight excluding hydrogens is 316 g/mol. The van der Waals surface area contributed by atoms with Gasteiger partial charge in [-0.05, 0) is 32.3 Å². The predicted molar refractivity (Wildman–Crippen MR) is 90.9 cm³/mol. The Kier molecular flexibility index (Phi) is 4.96. The first-order valence-corrected chi connectivity index (χ1v) is 8.06. The number of hydrogen-bond acceptors (Lipinski definition) is 5. The molecule has 0 aliphatic carbocycles. The van der Waals surface area contributed by atoms with E-state index in [1.807, 2.05) is 14.1 Å². The number of nitrogens with one attached hydrogen (secondary N) is 1. The smallest absolute Gasteiger partial charge is 0.258 e. The van der Waals surface area contributed by atoms with Crippen LogP contribution in [0.5, 0.6) is 0 Å². The molecule has 0 radical (unpaired) electrons. The average Bonchev–Trinajstić information content (AvgIpc) is 2.48. The lowest BCUT2D eigenvalue weighted by atomic mass is 10.2. The number of morpholine rings is 1. The van der Waals surface area contributed by atoms with Crippen LogP contribution in [0.3, 0.4) is 0 Å². The van der Waals surface area contributed by atoms with Crippen molar-refractivity contribution in [2.24, 2.45) is 0 Å². The van der Waals surface area contributed by atoms with Gasteiger partial charge in [0, 0.05) is 24.7 Å². The van der Waals surface area contributed by atoms with E-state index in [9.17, 15) is 4.79 Å². The molecule has 7 heteroatoms. The Morgan fingerprint density at radius 3 is 3.09 bits per heavy atom. The quantitative estimate of drug-likeness (QED) is 0.913. The second-order valence-corrected chi connectivity index (χ2v) is 6.60. The Bertz CT molecular complexity index is 746. The zero-order valence-electron chi connectivity index (χ0n) is 13.4. The van der Waals surface area contributed by atoms with Crippen LogP contribution < -0.4 is 5.56 Å². The van der Waals surface area contributed by atoms with Crippen LogP contribution in [0.2, 0.25) is 5.02 Å². The van der Waals surface area contributed by atoms with E-state index in [0.717, 1.165) is 19.6 Å². The highest BCUT2D eigenvalue weighted by Gasteiger charge is 2.21. The molecule has 1 saturated heterocycles. The summed E-state index contributed by atoms with van der Waals surface area (Å²) in [5.41, 5.74) is 0.525. The molecule has 0 bridgehead atoms. The van der Waals surface area contributed by atoms with Crippen molar-refractivity contribution >= 4 is 22.5 Å². The number of fused-ring (bicyclic) bond motifs is 1. The van der Waals surface area contributed by atoms with Crippen molar-refractivity contribution in [3.63, 3.8) is 0 Å². The highest BCUT2D eigenvalue weighted by Crippen LogP contribution is 2.15. The van der Waals surface area contributed by atoms with Gasteiger partial charge in [-0.1, -0.05) is 11.6 Å². The third-order valence-corrected chi connectivity index (χ3v) is 4.12. The van der Waals surface area contributed by atoms with Crippen molar-refractivity contribution in [1.29, 1.82) is 0 Å². The van der Waals surface area contributed by atoms with E-state index in [0.29, 0.717) is 34.9 Å². The predicted octanol–water partition coefficient (Wildman–Crippen LogP) is 1.34. The summed E-state index contributed by atoms with van der Waals surface area (Å²) in [6.07, 6.45) is 0.185. The zero-order valence-corrected chi connectivity index (χ0v) is 14.1. The average molecular weight is 337 g/mol. The summed E-state index contributed by atoms with van der Waals surface area (Å²) in [5.74, 6) is 0.676. The molecule has 1 aliphatic heterocycles. The molecule has 1 atom stereocenters. The normalized spacial score (nSPS) is 19.6. The highest BCUT2D eigenvalue weighted by atomic mass is 35.5. The van der Waals surface area contributed by atoms with Crippen LogP contribution in [0.1, 0.15) is 5.82 Å². The molecule has 2 heterocycles. The molecule has 2 aromatic rings. The minimum atomic E-state index is -0.148. The number of nitrogens with zero attached hydrogens (tertiary/aromatic N) is 3. The minimum Gasteiger partial charge on any atom is -0.374 e. The lowest BCUT2D eigenvalue weighted by Gasteiger charge is -2.33. The number of H-pyrrole nitrogens is 1. The standard InChI is InChI=1S/C16H21ClN4O2/c1-20(2)8-12-9-21(5-6-23-12)10-15-18-14-4-3-11(17)7-13(14)16(22)19-15/h3-4,7,12H,5-6,8-10H2,1-2H3,(H,18,19,22). The number of aromatic amines is 1. The van der Waals surface area contributed by atoms with E-state index in [1.54, 1.807) is 18.2 Å². The molecule has 0 spiro atoms. The van der Waals surface area contributed by atoms with Crippen LogP contribution in [0.4, 0.5) is 0 Å². The van der Waals surface area contributed by atoms with Crippen molar-refractivity contribution in [1.82, 2.24) is 19.8 Å². The number of rotatable bonds is 4. The third-order valence-electron chi connectivity index (χ3n) is 3.88. The van der Waals surface area contributed by atoms with Gasteiger partial charge in [0.1, 0.15) is 5.82 Å². The maximum absolute atomic E-state index is 12.2. The summed E-state index contributed by atoms with van der Waals surface area (Å²) in [6, 6.07) is 5.18. The maximum Gasteiger partial charge on any atom is 0.258 e. The number of aromatic nitrogens is 2. The number of benzene rings is 1. The molecule has 1 aromatic carbocycles. The third kappa shape index (κ3) is 4.09. The number of likely N-dealkylation sites (N-methyl/N-ethyl adjacent to an activating group) is 1. The molecular formula is C16H21ClN4O2. The van der Waals surface area contributed by atoms with Crippen molar-refractivity contribution in [3.05, 3.63) is 39.4 Å². The number of ether oxygens (including phenoxy) is 1. The van der Waals surface area contributed by atoms with Gasteiger partial charge in [0.2, 0.25) is 0 Å². The zero-order chi connectivity index (χ0) is 16.4. The molecule has 23 heavy (non-hydrogen) atoms. The summed E-state index contributed by atoms with van der Waals surface area (Å²) in [7, 11) is 4.08. The van der Waals surface area contributed by atoms with Crippen LogP contribution in [0.25, 0.3) is 10.9 Å². The Balaban J connectivity index is 1.76. The van der Waals surface area contributed by atoms with E-state index in [2.05, 4.69) is 19.8 Å². The van der Waals surface area contributed by atoms with Crippen LogP contribution >= 0.6 is 11.6 Å². The molecule has 1 N–H and O–H groups in total. The van der Waals surface area contributed by atoms with Crippen LogP contribution in [0.15, 0.2) is 23.0 Å². The largest absolute Gasteiger partial charge is 0.374 e. The van der Waals surface area contributed by atoms with E-state index in [1.165, 1.54) is 0 Å². The number of halogens is 1. The van der Waals surface area contributed by atoms with Crippen LogP contribution in [0, 0.1) is 0 Å². The van der Waals surface area contributed by atoms with Gasteiger partial charge in [-0.25, -0.2) is 4.98 Å². The molecule has 0 saturated carbocycles. The summed E-state index contributed by atoms with van der Waals surface area (Å²) in [5, 5.41) is 1.06. The van der Waals surface area contributed by atoms with Gasteiger partial charge in [-0.3, -0.25) is 9.69 Å². The Labute approximate surface area is 140 Å². The van der Waals surface area contributed by atoms with Gasteiger partial charge in [0.25, 0.3) is 5.56 Å². The van der Waals surface area contributed by atoms with Crippen molar-refractivity contribution in [2.75, 3.05) is 40.3 Å². The van der Waals surface area contributed by atoms with E-state index < -0.39 is 0 Å². The lowest BCUT2D eigenvalue weighted by molar-refractivity contribution is -0.0413. The number of hydrogen-bond donors (Lipinski definition) is 1. The van der Waals surface area contributed by atoms with Crippen molar-refractivity contribution in [3.8, 4) is 0 Å². The van der Waals surface area contributed by atoms with E-state index in [4.69, 9.17) is 16.3 Å². The van der Waals surface area contributed by atoms with Crippen LogP contribution in [-0.2, 0) is 11.3 Å². The molecule has 6 nitrogen and oxygen atoms in total. The monoisotopic (exact) mass is 336 g/mol. The molecule has 124 valence electrons. The van der Waals surface area contributed by atoms with Crippen molar-refractivity contribution < 1.29 is 4.74 Å². The first-order chi connectivity index (χ1) is 11.0. The minimum absolute atomic E-state index is 0.148. The Morgan fingerprint density at radius 1 is 1.48 bits per heavy atom. The van der Waals surface area contributed by atoms with Crippen LogP contribution in [-0.4, -0.2) is 66.2 Å². The van der Waals surface area contributed by atoms with Gasteiger partial charge in [0.05, 0.1) is 30.2 Å². The van der Waals surface area contributed by atoms with Gasteiger partial charge in [-0.15, -0.1) is 0 Å². The van der Waals surface area contributed by atoms with Gasteiger partial charge in [-0.2, -0.15) is 0 Å². The molecule has 1 aromatic heterocycles. The summed E-state index contributed by atoms with van der Waals surface area (Å²) >= 11 is 5.94. The van der Waals surface area contributed by atoms with Gasteiger partial charge >= 0.3 is 0 Å². The van der Waals surface area contributed by atoms with Gasteiger partial charge < -0.3 is 14.6 Å². The van der Waals surface area contributed by atoms with E-state index in [-0.39, 0.29) is 11.7 Å². The lowest BCUT2D eigenvalue weighted by Crippen LogP contribution is -2.46.